The summed E-state index contributed by atoms with van der Waals surface area (Å²) in [5, 5.41) is 14.2. The Morgan fingerprint density at radius 2 is 1.51 bits per heavy atom. The number of rotatable bonds is 10. The molecule has 0 unspecified atom stereocenters. The Morgan fingerprint density at radius 3 is 2.07 bits per heavy atom. The molecule has 0 heterocycles. The Morgan fingerprint density at radius 1 is 0.907 bits per heavy atom. The zero-order chi connectivity index (χ0) is 31.9. The number of nitro benzene ring substituents is 1. The number of urea groups is 1. The van der Waals surface area contributed by atoms with Crippen molar-refractivity contribution in [1.82, 2.24) is 9.80 Å². The van der Waals surface area contributed by atoms with E-state index in [2.05, 4.69) is 24.1 Å². The van der Waals surface area contributed by atoms with E-state index in [0.29, 0.717) is 35.7 Å². The summed E-state index contributed by atoms with van der Waals surface area (Å²) >= 11 is 0. The van der Waals surface area contributed by atoms with E-state index in [1.807, 2.05) is 26.2 Å². The fourth-order valence-corrected chi connectivity index (χ4v) is 4.86. The van der Waals surface area contributed by atoms with Gasteiger partial charge in [-0.05, 0) is 82.6 Å². The van der Waals surface area contributed by atoms with Gasteiger partial charge in [-0.1, -0.05) is 50.2 Å². The van der Waals surface area contributed by atoms with Gasteiger partial charge in [0.05, 0.1) is 22.0 Å². The van der Waals surface area contributed by atoms with Crippen LogP contribution in [0.15, 0.2) is 72.8 Å². The van der Waals surface area contributed by atoms with Crippen LogP contribution in [0.25, 0.3) is 0 Å². The third-order valence-electron chi connectivity index (χ3n) is 6.28. The third kappa shape index (κ3) is 9.82. The largest absolute Gasteiger partial charge is 0.444 e. The summed E-state index contributed by atoms with van der Waals surface area (Å²) in [5.74, 6) is 0. The fourth-order valence-electron chi connectivity index (χ4n) is 4.86. The van der Waals surface area contributed by atoms with Gasteiger partial charge >= 0.3 is 12.1 Å². The number of carbonyl (C=O) groups excluding carboxylic acids is 2. The predicted molar refractivity (Wildman–Crippen MR) is 170 cm³/mol. The minimum Gasteiger partial charge on any atom is -0.444 e. The van der Waals surface area contributed by atoms with Gasteiger partial charge in [0.1, 0.15) is 5.60 Å². The van der Waals surface area contributed by atoms with Crippen molar-refractivity contribution in [3.8, 4) is 0 Å². The van der Waals surface area contributed by atoms with Gasteiger partial charge in [-0.3, -0.25) is 20.3 Å². The Hall–Kier alpha value is -4.44. The number of hydrogen-bond acceptors (Lipinski definition) is 6. The molecule has 3 amide bonds. The Labute approximate surface area is 254 Å². The van der Waals surface area contributed by atoms with Gasteiger partial charge in [-0.2, -0.15) is 0 Å². The first kappa shape index (κ1) is 33.1. The molecule has 0 saturated heterocycles. The highest BCUT2D eigenvalue weighted by atomic mass is 16.6. The van der Waals surface area contributed by atoms with E-state index in [1.165, 1.54) is 29.2 Å². The average Bonchev–Trinajstić information content (AvgIpc) is 2.89. The second-order valence-corrected chi connectivity index (χ2v) is 12.5. The highest BCUT2D eigenvalue weighted by Gasteiger charge is 2.32. The van der Waals surface area contributed by atoms with Crippen LogP contribution in [0.5, 0.6) is 0 Å². The van der Waals surface area contributed by atoms with Crippen LogP contribution in [0.3, 0.4) is 0 Å². The summed E-state index contributed by atoms with van der Waals surface area (Å²) < 4.78 is 5.47. The summed E-state index contributed by atoms with van der Waals surface area (Å²) in [6.07, 6.45) is -0.679. The molecule has 3 rings (SSSR count). The zero-order valence-electron chi connectivity index (χ0n) is 26.0. The SMILES string of the molecule is [CH]c1ccc(CN(CC(C)(C)CN(C)C)C(=O)N(c2ccc([N+](=O)[O-])cc2)c2ccccc2NC(=O)OC(C)(C)C)cc1. The lowest BCUT2D eigenvalue weighted by Gasteiger charge is -2.38. The summed E-state index contributed by atoms with van der Waals surface area (Å²) in [6, 6.07) is 19.6. The number of hydrogen-bond donors (Lipinski definition) is 1. The molecule has 0 aromatic heterocycles. The van der Waals surface area contributed by atoms with Crippen LogP contribution >= 0.6 is 0 Å². The van der Waals surface area contributed by atoms with E-state index in [1.54, 1.807) is 62.1 Å². The lowest BCUT2D eigenvalue weighted by molar-refractivity contribution is -0.384. The first-order valence-corrected chi connectivity index (χ1v) is 14.0. The van der Waals surface area contributed by atoms with Gasteiger partial charge in [0, 0.05) is 31.8 Å². The number of nitrogens with zero attached hydrogens (tertiary/aromatic N) is 4. The lowest BCUT2D eigenvalue weighted by atomic mass is 9.92. The first-order valence-electron chi connectivity index (χ1n) is 14.0. The second-order valence-electron chi connectivity index (χ2n) is 12.5. The summed E-state index contributed by atoms with van der Waals surface area (Å²) in [6.45, 7) is 16.8. The van der Waals surface area contributed by atoms with Crippen LogP contribution in [0.2, 0.25) is 0 Å². The number of nitrogens with one attached hydrogen (secondary N) is 1. The highest BCUT2D eigenvalue weighted by molar-refractivity contribution is 6.04. The number of para-hydroxylation sites is 2. The Balaban J connectivity index is 2.14. The molecule has 0 aliphatic rings. The molecule has 0 bridgehead atoms. The molecular formula is C33H41N5O5. The molecule has 43 heavy (non-hydrogen) atoms. The quantitative estimate of drug-likeness (QED) is 0.196. The summed E-state index contributed by atoms with van der Waals surface area (Å²) in [5.41, 5.74) is 1.45. The van der Waals surface area contributed by atoms with E-state index in [0.717, 1.165) is 5.56 Å². The molecule has 0 atom stereocenters. The van der Waals surface area contributed by atoms with Crippen LogP contribution in [-0.4, -0.2) is 59.6 Å². The van der Waals surface area contributed by atoms with E-state index in [4.69, 9.17) is 11.7 Å². The molecule has 0 spiro atoms. The maximum absolute atomic E-state index is 14.7. The fraction of sp³-hybridized carbons (Fsp3) is 0.364. The van der Waals surface area contributed by atoms with E-state index in [9.17, 15) is 19.7 Å². The minimum absolute atomic E-state index is 0.109. The van der Waals surface area contributed by atoms with Crippen molar-refractivity contribution in [2.45, 2.75) is 46.8 Å². The monoisotopic (exact) mass is 587 g/mol. The minimum atomic E-state index is -0.735. The number of carbonyl (C=O) groups is 2. The molecule has 0 aliphatic heterocycles. The number of amides is 3. The van der Waals surface area contributed by atoms with E-state index in [-0.39, 0.29) is 23.7 Å². The smallest absolute Gasteiger partial charge is 0.412 e. The van der Waals surface area contributed by atoms with Gasteiger partial charge in [-0.25, -0.2) is 9.59 Å². The standard InChI is InChI=1S/C33H41N5O5/c1-24-13-15-25(16-14-24)21-36(23-33(5,6)22-35(7)8)31(40)37(26-17-19-27(20-18-26)38(41)42)29-12-10-9-11-28(29)34-30(39)43-32(2,3)4/h1,9-20H,21-23H2,2-8H3,(H,34,39). The average molecular weight is 588 g/mol. The molecule has 3 aromatic rings. The molecule has 0 saturated carbocycles. The molecule has 2 radical (unpaired) electrons. The third-order valence-corrected chi connectivity index (χ3v) is 6.28. The molecule has 0 fully saturated rings. The van der Waals surface area contributed by atoms with Crippen molar-refractivity contribution >= 4 is 34.9 Å². The molecule has 3 aromatic carbocycles. The normalized spacial score (nSPS) is 11.7. The van der Waals surface area contributed by atoms with Crippen LogP contribution in [0.4, 0.5) is 32.3 Å². The first-order chi connectivity index (χ1) is 20.0. The molecule has 228 valence electrons. The Kier molecular flexibility index (Phi) is 10.5. The van der Waals surface area contributed by atoms with Crippen molar-refractivity contribution in [1.29, 1.82) is 0 Å². The van der Waals surface area contributed by atoms with Crippen LogP contribution in [0, 0.1) is 22.5 Å². The number of ether oxygens (including phenoxy) is 1. The predicted octanol–water partition coefficient (Wildman–Crippen LogP) is 7.35. The van der Waals surface area contributed by atoms with Crippen LogP contribution in [-0.2, 0) is 11.3 Å². The summed E-state index contributed by atoms with van der Waals surface area (Å²) in [7, 11) is 3.96. The van der Waals surface area contributed by atoms with Crippen LogP contribution < -0.4 is 10.2 Å². The lowest BCUT2D eigenvalue weighted by Crippen LogP contribution is -2.47. The topological polar surface area (TPSA) is 108 Å². The van der Waals surface area contributed by atoms with Gasteiger partial charge < -0.3 is 14.5 Å². The number of benzene rings is 3. The number of anilines is 3. The van der Waals surface area contributed by atoms with Crippen molar-refractivity contribution in [2.75, 3.05) is 37.4 Å². The summed E-state index contributed by atoms with van der Waals surface area (Å²) in [4.78, 5) is 43.7. The van der Waals surface area contributed by atoms with Gasteiger partial charge in [-0.15, -0.1) is 0 Å². The maximum Gasteiger partial charge on any atom is 0.412 e. The highest BCUT2D eigenvalue weighted by Crippen LogP contribution is 2.35. The van der Waals surface area contributed by atoms with E-state index < -0.39 is 16.6 Å². The van der Waals surface area contributed by atoms with Crippen LogP contribution in [0.1, 0.15) is 45.7 Å². The van der Waals surface area contributed by atoms with Gasteiger partial charge in [0.2, 0.25) is 0 Å². The Bertz CT molecular complexity index is 1410. The van der Waals surface area contributed by atoms with Crippen molar-refractivity contribution in [2.24, 2.45) is 5.41 Å². The van der Waals surface area contributed by atoms with Crippen molar-refractivity contribution < 1.29 is 19.2 Å². The maximum atomic E-state index is 14.7. The number of non-ortho nitro benzene ring substituents is 1. The second kappa shape index (κ2) is 13.7. The van der Waals surface area contributed by atoms with E-state index >= 15 is 0 Å². The van der Waals surface area contributed by atoms with Crippen molar-refractivity contribution in [3.63, 3.8) is 0 Å². The molecule has 1 N–H and O–H groups in total. The molecule has 0 aliphatic carbocycles. The van der Waals surface area contributed by atoms with Crippen molar-refractivity contribution in [3.05, 3.63) is 101 Å². The molecular weight excluding hydrogens is 546 g/mol. The van der Waals surface area contributed by atoms with Gasteiger partial charge in [0.25, 0.3) is 5.69 Å². The van der Waals surface area contributed by atoms with Gasteiger partial charge in [0.15, 0.2) is 0 Å². The molecule has 10 heteroatoms. The number of nitro groups is 1. The molecule has 10 nitrogen and oxygen atoms in total. The zero-order valence-corrected chi connectivity index (χ0v) is 26.0.